The molecule has 2 fully saturated rings. The lowest BCUT2D eigenvalue weighted by molar-refractivity contribution is -0.167. The molecule has 0 saturated carbocycles. The first-order chi connectivity index (χ1) is 14.0. The van der Waals surface area contributed by atoms with E-state index in [4.69, 9.17) is 4.74 Å². The van der Waals surface area contributed by atoms with E-state index in [1.54, 1.807) is 11.9 Å². The molecule has 2 heterocycles. The molecule has 6 heteroatoms. The minimum absolute atomic E-state index is 0.0392. The van der Waals surface area contributed by atoms with Crippen molar-refractivity contribution in [2.75, 3.05) is 44.7 Å². The van der Waals surface area contributed by atoms with Crippen molar-refractivity contribution in [1.29, 1.82) is 0 Å². The number of hydrogen-bond acceptors (Lipinski definition) is 4. The van der Waals surface area contributed by atoms with E-state index in [0.29, 0.717) is 13.1 Å². The zero-order valence-electron chi connectivity index (χ0n) is 17.0. The van der Waals surface area contributed by atoms with Crippen molar-refractivity contribution in [3.05, 3.63) is 65.7 Å². The molecule has 2 saturated heterocycles. The van der Waals surface area contributed by atoms with Gasteiger partial charge < -0.3 is 19.4 Å². The fourth-order valence-electron chi connectivity index (χ4n) is 4.08. The number of para-hydroxylation sites is 1. The van der Waals surface area contributed by atoms with E-state index in [1.807, 2.05) is 54.3 Å². The smallest absolute Gasteiger partial charge is 0.254 e. The fraction of sp³-hybridized carbons (Fsp3) is 0.391. The largest absolute Gasteiger partial charge is 0.368 e. The fourth-order valence-corrected chi connectivity index (χ4v) is 4.08. The molecule has 0 aliphatic carbocycles. The van der Waals surface area contributed by atoms with Gasteiger partial charge in [-0.05, 0) is 24.6 Å². The monoisotopic (exact) mass is 393 g/mol. The number of nitrogens with zero attached hydrogens (tertiary/aromatic N) is 3. The number of amides is 2. The number of benzene rings is 2. The normalized spacial score (nSPS) is 22.7. The first-order valence-corrected chi connectivity index (χ1v) is 10.1. The van der Waals surface area contributed by atoms with Crippen LogP contribution in [-0.4, -0.2) is 67.6 Å². The molecule has 2 aromatic rings. The first kappa shape index (κ1) is 19.5. The minimum Gasteiger partial charge on any atom is -0.368 e. The van der Waals surface area contributed by atoms with Gasteiger partial charge in [-0.1, -0.05) is 48.0 Å². The van der Waals surface area contributed by atoms with Crippen molar-refractivity contribution in [3.63, 3.8) is 0 Å². The van der Waals surface area contributed by atoms with Gasteiger partial charge in [0.1, 0.15) is 6.61 Å². The average Bonchev–Trinajstić information content (AvgIpc) is 2.76. The third-order valence-corrected chi connectivity index (χ3v) is 5.86. The molecular formula is C23H27N3O3. The molecule has 0 radical (unpaired) electrons. The second-order valence-corrected chi connectivity index (χ2v) is 7.74. The predicted octanol–water partition coefficient (Wildman–Crippen LogP) is 2.24. The van der Waals surface area contributed by atoms with Crippen LogP contribution in [0.3, 0.4) is 0 Å². The van der Waals surface area contributed by atoms with Crippen molar-refractivity contribution in [1.82, 2.24) is 9.80 Å². The van der Waals surface area contributed by atoms with Crippen LogP contribution in [0.5, 0.6) is 0 Å². The summed E-state index contributed by atoms with van der Waals surface area (Å²) in [5.41, 5.74) is 3.24. The number of carbonyl (C=O) groups is 2. The van der Waals surface area contributed by atoms with Crippen LogP contribution in [0.2, 0.25) is 0 Å². The highest BCUT2D eigenvalue weighted by Crippen LogP contribution is 2.31. The van der Waals surface area contributed by atoms with Gasteiger partial charge in [0.25, 0.3) is 5.91 Å². The van der Waals surface area contributed by atoms with Crippen LogP contribution < -0.4 is 4.90 Å². The van der Waals surface area contributed by atoms with Crippen molar-refractivity contribution in [3.8, 4) is 0 Å². The SMILES string of the molecule is Cc1ccc([C@H]2[C@@H](C(=O)N3CCN(c4ccccc4)CC3)OCC(=O)N2C)cc1. The number of morpholine rings is 1. The van der Waals surface area contributed by atoms with Crippen molar-refractivity contribution >= 4 is 17.5 Å². The highest BCUT2D eigenvalue weighted by Gasteiger charge is 2.42. The highest BCUT2D eigenvalue weighted by atomic mass is 16.5. The number of ether oxygens (including phenoxy) is 1. The zero-order valence-corrected chi connectivity index (χ0v) is 17.0. The van der Waals surface area contributed by atoms with Gasteiger partial charge in [-0.2, -0.15) is 0 Å². The van der Waals surface area contributed by atoms with Gasteiger partial charge in [0.05, 0.1) is 6.04 Å². The molecule has 0 N–H and O–H groups in total. The van der Waals surface area contributed by atoms with Crippen molar-refractivity contribution < 1.29 is 14.3 Å². The molecule has 0 bridgehead atoms. The second kappa shape index (κ2) is 8.25. The summed E-state index contributed by atoms with van der Waals surface area (Å²) in [7, 11) is 1.75. The van der Waals surface area contributed by atoms with Gasteiger partial charge in [0.15, 0.2) is 6.10 Å². The topological polar surface area (TPSA) is 53.1 Å². The van der Waals surface area contributed by atoms with E-state index >= 15 is 0 Å². The van der Waals surface area contributed by atoms with Crippen LogP contribution >= 0.6 is 0 Å². The van der Waals surface area contributed by atoms with Gasteiger partial charge in [0.2, 0.25) is 5.91 Å². The maximum absolute atomic E-state index is 13.3. The van der Waals surface area contributed by atoms with Gasteiger partial charge in [-0.25, -0.2) is 0 Å². The number of anilines is 1. The number of piperazine rings is 1. The number of aryl methyl sites for hydroxylation is 1. The summed E-state index contributed by atoms with van der Waals surface area (Å²) in [6, 6.07) is 17.8. The molecule has 2 aliphatic rings. The highest BCUT2D eigenvalue weighted by molar-refractivity contribution is 5.86. The summed E-state index contributed by atoms with van der Waals surface area (Å²) in [6.45, 7) is 4.82. The van der Waals surface area contributed by atoms with Gasteiger partial charge in [-0.15, -0.1) is 0 Å². The molecule has 6 nitrogen and oxygen atoms in total. The Kier molecular flexibility index (Phi) is 5.53. The molecule has 0 aromatic heterocycles. The third kappa shape index (κ3) is 3.98. The van der Waals surface area contributed by atoms with Crippen LogP contribution in [-0.2, 0) is 14.3 Å². The third-order valence-electron chi connectivity index (χ3n) is 5.86. The Balaban J connectivity index is 1.49. The van der Waals surface area contributed by atoms with Gasteiger partial charge >= 0.3 is 0 Å². The minimum atomic E-state index is -0.677. The Morgan fingerprint density at radius 3 is 2.28 bits per heavy atom. The second-order valence-electron chi connectivity index (χ2n) is 7.74. The molecule has 4 rings (SSSR count). The Hall–Kier alpha value is -2.86. The van der Waals surface area contributed by atoms with Crippen molar-refractivity contribution in [2.45, 2.75) is 19.1 Å². The lowest BCUT2D eigenvalue weighted by atomic mass is 9.96. The van der Waals surface area contributed by atoms with E-state index in [-0.39, 0.29) is 18.4 Å². The molecule has 29 heavy (non-hydrogen) atoms. The van der Waals surface area contributed by atoms with Gasteiger partial charge in [0, 0.05) is 38.9 Å². The average molecular weight is 393 g/mol. The molecule has 0 spiro atoms. The van der Waals surface area contributed by atoms with E-state index in [1.165, 1.54) is 5.69 Å². The number of likely N-dealkylation sites (N-methyl/N-ethyl adjacent to an activating group) is 1. The maximum Gasteiger partial charge on any atom is 0.254 e. The Morgan fingerprint density at radius 2 is 1.62 bits per heavy atom. The number of hydrogen-bond donors (Lipinski definition) is 0. The molecular weight excluding hydrogens is 366 g/mol. The standard InChI is InChI=1S/C23H27N3O3/c1-17-8-10-18(11-9-17)21-22(29-16-20(27)24(21)2)23(28)26-14-12-25(13-15-26)19-6-4-3-5-7-19/h3-11,21-22H,12-16H2,1-2H3/t21-,22-/m0/s1. The Labute approximate surface area is 171 Å². The summed E-state index contributed by atoms with van der Waals surface area (Å²) in [5.74, 6) is -0.142. The lowest BCUT2D eigenvalue weighted by Crippen LogP contribution is -2.57. The molecule has 152 valence electrons. The quantitative estimate of drug-likeness (QED) is 0.803. The van der Waals surface area contributed by atoms with E-state index in [0.717, 1.165) is 24.2 Å². The summed E-state index contributed by atoms with van der Waals surface area (Å²) >= 11 is 0. The van der Waals surface area contributed by atoms with E-state index in [2.05, 4.69) is 17.0 Å². The van der Waals surface area contributed by atoms with Crippen LogP contribution in [0, 0.1) is 6.92 Å². The summed E-state index contributed by atoms with van der Waals surface area (Å²) in [5, 5.41) is 0. The van der Waals surface area contributed by atoms with Crippen molar-refractivity contribution in [2.24, 2.45) is 0 Å². The molecule has 2 aliphatic heterocycles. The van der Waals surface area contributed by atoms with Crippen LogP contribution in [0.1, 0.15) is 17.2 Å². The number of rotatable bonds is 3. The Bertz CT molecular complexity index is 861. The molecule has 2 atom stereocenters. The molecule has 2 aromatic carbocycles. The van der Waals surface area contributed by atoms with E-state index in [9.17, 15) is 9.59 Å². The zero-order chi connectivity index (χ0) is 20.4. The summed E-state index contributed by atoms with van der Waals surface area (Å²) in [4.78, 5) is 31.4. The Morgan fingerprint density at radius 1 is 0.966 bits per heavy atom. The molecule has 0 unspecified atom stereocenters. The maximum atomic E-state index is 13.3. The van der Waals surface area contributed by atoms with Crippen LogP contribution in [0.4, 0.5) is 5.69 Å². The van der Waals surface area contributed by atoms with Gasteiger partial charge in [-0.3, -0.25) is 9.59 Å². The predicted molar refractivity (Wildman–Crippen MR) is 112 cm³/mol. The summed E-state index contributed by atoms with van der Waals surface area (Å²) in [6.07, 6.45) is -0.677. The van der Waals surface area contributed by atoms with Crippen LogP contribution in [0.15, 0.2) is 54.6 Å². The van der Waals surface area contributed by atoms with E-state index < -0.39 is 12.1 Å². The summed E-state index contributed by atoms with van der Waals surface area (Å²) < 4.78 is 5.79. The molecule has 2 amide bonds. The first-order valence-electron chi connectivity index (χ1n) is 10.1. The van der Waals surface area contributed by atoms with Crippen LogP contribution in [0.25, 0.3) is 0 Å². The number of carbonyl (C=O) groups excluding carboxylic acids is 2. The lowest BCUT2D eigenvalue weighted by Gasteiger charge is -2.42.